The van der Waals surface area contributed by atoms with Gasteiger partial charge in [0, 0.05) is 13.1 Å². The Bertz CT molecular complexity index is 699. The third-order valence-corrected chi connectivity index (χ3v) is 4.80. The van der Waals surface area contributed by atoms with E-state index in [-0.39, 0.29) is 5.01 Å². The van der Waals surface area contributed by atoms with Gasteiger partial charge in [0.1, 0.15) is 10.1 Å². The number of primary amides is 1. The molecule has 1 amide bonds. The number of hydrogen-bond donors (Lipinski definition) is 1. The molecule has 2 N–H and O–H groups in total. The lowest BCUT2D eigenvalue weighted by atomic mass is 10.3. The lowest BCUT2D eigenvalue weighted by molar-refractivity contribution is 0.1000. The number of pyridine rings is 1. The van der Waals surface area contributed by atoms with Crippen LogP contribution < -0.4 is 15.4 Å². The molecule has 3 rings (SSSR count). The van der Waals surface area contributed by atoms with E-state index in [1.165, 1.54) is 18.4 Å². The quantitative estimate of drug-likeness (QED) is 0.818. The van der Waals surface area contributed by atoms with Crippen molar-refractivity contribution in [2.24, 2.45) is 5.73 Å². The zero-order chi connectivity index (χ0) is 15.0. The second-order valence-electron chi connectivity index (χ2n) is 4.42. The number of carbonyl (C=O) groups excluding carboxylic acids is 1. The van der Waals surface area contributed by atoms with Gasteiger partial charge in [0.25, 0.3) is 5.91 Å². The number of nitrogens with zero attached hydrogens (tertiary/aromatic N) is 3. The second-order valence-corrected chi connectivity index (χ2v) is 6.17. The van der Waals surface area contributed by atoms with Gasteiger partial charge in [0.05, 0.1) is 30.7 Å². The summed E-state index contributed by atoms with van der Waals surface area (Å²) in [7, 11) is 1.52. The number of hydrogen-bond acceptors (Lipinski definition) is 7. The highest BCUT2D eigenvalue weighted by Crippen LogP contribution is 2.40. The molecule has 1 aliphatic heterocycles. The molecule has 3 heterocycles. The topological polar surface area (TPSA) is 90.6 Å². The van der Waals surface area contributed by atoms with Crippen LogP contribution >= 0.6 is 27.3 Å². The number of anilines is 1. The molecule has 0 saturated carbocycles. The minimum Gasteiger partial charge on any atom is -0.479 e. The molecule has 2 aromatic heterocycles. The average molecular weight is 373 g/mol. The summed E-state index contributed by atoms with van der Waals surface area (Å²) in [5.74, 6) is -0.181. The number of ether oxygens (including phenoxy) is 2. The van der Waals surface area contributed by atoms with Gasteiger partial charge in [-0.25, -0.2) is 9.97 Å². The van der Waals surface area contributed by atoms with Crippen molar-refractivity contribution in [3.05, 3.63) is 9.61 Å². The van der Waals surface area contributed by atoms with Crippen LogP contribution in [-0.4, -0.2) is 49.3 Å². The van der Waals surface area contributed by atoms with Crippen molar-refractivity contribution in [2.75, 3.05) is 38.3 Å². The number of carbonyl (C=O) groups is 1. The Morgan fingerprint density at radius 1 is 1.43 bits per heavy atom. The number of halogens is 1. The summed E-state index contributed by atoms with van der Waals surface area (Å²) in [4.78, 5) is 22.2. The molecule has 1 saturated heterocycles. The van der Waals surface area contributed by atoms with Gasteiger partial charge in [0.2, 0.25) is 5.88 Å². The Balaban J connectivity index is 2.22. The molecule has 2 aromatic rings. The summed E-state index contributed by atoms with van der Waals surface area (Å²) in [6.45, 7) is 2.82. The smallest absolute Gasteiger partial charge is 0.277 e. The summed E-state index contributed by atoms with van der Waals surface area (Å²) < 4.78 is 12.1. The van der Waals surface area contributed by atoms with Gasteiger partial charge in [-0.3, -0.25) is 4.79 Å². The molecule has 1 aliphatic rings. The number of methoxy groups -OCH3 is 1. The number of aromatic nitrogens is 2. The van der Waals surface area contributed by atoms with Gasteiger partial charge < -0.3 is 20.1 Å². The molecule has 21 heavy (non-hydrogen) atoms. The third-order valence-electron chi connectivity index (χ3n) is 3.17. The lowest BCUT2D eigenvalue weighted by Gasteiger charge is -2.29. The predicted octanol–water partition coefficient (Wildman–Crippen LogP) is 1.40. The standard InChI is InChI=1S/C12H13BrN4O3S/c1-19-11-6-8(21-12(15-6)10(14)18)7(9(13)16-11)17-2-4-20-5-3-17/h2-5H2,1H3,(H2,14,18). The van der Waals surface area contributed by atoms with Gasteiger partial charge in [-0.2, -0.15) is 0 Å². The molecular weight excluding hydrogens is 360 g/mol. The maximum Gasteiger partial charge on any atom is 0.277 e. The van der Waals surface area contributed by atoms with Crippen LogP contribution in [0.4, 0.5) is 5.69 Å². The zero-order valence-corrected chi connectivity index (χ0v) is 13.7. The molecule has 112 valence electrons. The Morgan fingerprint density at radius 3 is 2.76 bits per heavy atom. The highest BCUT2D eigenvalue weighted by molar-refractivity contribution is 9.10. The fraction of sp³-hybridized carbons (Fsp3) is 0.417. The minimum atomic E-state index is -0.553. The molecule has 1 fully saturated rings. The summed E-state index contributed by atoms with van der Waals surface area (Å²) in [6.07, 6.45) is 0. The molecule has 0 radical (unpaired) electrons. The molecule has 0 atom stereocenters. The van der Waals surface area contributed by atoms with Crippen LogP contribution in [0.2, 0.25) is 0 Å². The summed E-state index contributed by atoms with van der Waals surface area (Å²) in [5.41, 5.74) is 6.80. The van der Waals surface area contributed by atoms with Crippen molar-refractivity contribution in [3.8, 4) is 5.88 Å². The first-order valence-electron chi connectivity index (χ1n) is 6.28. The third kappa shape index (κ3) is 2.56. The Morgan fingerprint density at radius 2 is 2.14 bits per heavy atom. The van der Waals surface area contributed by atoms with Crippen molar-refractivity contribution in [1.29, 1.82) is 0 Å². The Hall–Kier alpha value is -1.45. The number of nitrogens with two attached hydrogens (primary N) is 1. The van der Waals surface area contributed by atoms with E-state index in [2.05, 4.69) is 30.8 Å². The SMILES string of the molecule is COc1nc(Br)c(N2CCOCC2)c2sc(C(N)=O)nc12. The van der Waals surface area contributed by atoms with Crippen LogP contribution in [0.15, 0.2) is 4.60 Å². The van der Waals surface area contributed by atoms with E-state index < -0.39 is 5.91 Å². The number of rotatable bonds is 3. The van der Waals surface area contributed by atoms with E-state index in [1.54, 1.807) is 0 Å². The van der Waals surface area contributed by atoms with Crippen molar-refractivity contribution in [1.82, 2.24) is 9.97 Å². The van der Waals surface area contributed by atoms with Gasteiger partial charge >= 0.3 is 0 Å². The first kappa shape index (κ1) is 14.5. The highest BCUT2D eigenvalue weighted by atomic mass is 79.9. The predicted molar refractivity (Wildman–Crippen MR) is 83.2 cm³/mol. The fourth-order valence-corrected chi connectivity index (χ4v) is 3.95. The van der Waals surface area contributed by atoms with Crippen LogP contribution in [0.3, 0.4) is 0 Å². The molecule has 9 heteroatoms. The van der Waals surface area contributed by atoms with Crippen molar-refractivity contribution < 1.29 is 14.3 Å². The highest BCUT2D eigenvalue weighted by Gasteiger charge is 2.24. The summed E-state index contributed by atoms with van der Waals surface area (Å²) in [5, 5.41) is 0.248. The lowest BCUT2D eigenvalue weighted by Crippen LogP contribution is -2.36. The number of morpholine rings is 1. The van der Waals surface area contributed by atoms with Crippen LogP contribution in [-0.2, 0) is 4.74 Å². The van der Waals surface area contributed by atoms with Crippen LogP contribution in [0.1, 0.15) is 9.80 Å². The van der Waals surface area contributed by atoms with Gasteiger partial charge in [-0.15, -0.1) is 11.3 Å². The van der Waals surface area contributed by atoms with E-state index >= 15 is 0 Å². The molecule has 7 nitrogen and oxygen atoms in total. The van der Waals surface area contributed by atoms with Crippen LogP contribution in [0.25, 0.3) is 10.2 Å². The molecule has 0 aliphatic carbocycles. The van der Waals surface area contributed by atoms with Gasteiger partial charge in [-0.1, -0.05) is 0 Å². The number of thiazole rings is 1. The van der Waals surface area contributed by atoms with Crippen LogP contribution in [0, 0.1) is 0 Å². The average Bonchev–Trinajstić information content (AvgIpc) is 2.92. The Labute approximate surface area is 133 Å². The summed E-state index contributed by atoms with van der Waals surface area (Å²) in [6, 6.07) is 0. The molecule has 0 spiro atoms. The van der Waals surface area contributed by atoms with E-state index in [4.69, 9.17) is 15.2 Å². The molecular formula is C12H13BrN4O3S. The molecule has 0 bridgehead atoms. The van der Waals surface area contributed by atoms with E-state index in [9.17, 15) is 4.79 Å². The van der Waals surface area contributed by atoms with E-state index in [0.29, 0.717) is 29.2 Å². The second kappa shape index (κ2) is 5.74. The Kier molecular flexibility index (Phi) is 3.96. The maximum atomic E-state index is 11.4. The number of amides is 1. The van der Waals surface area contributed by atoms with E-state index in [1.807, 2.05) is 0 Å². The minimum absolute atomic E-state index is 0.248. The van der Waals surface area contributed by atoms with Crippen molar-refractivity contribution in [2.45, 2.75) is 0 Å². The zero-order valence-electron chi connectivity index (χ0n) is 11.3. The maximum absolute atomic E-state index is 11.4. The first-order valence-corrected chi connectivity index (χ1v) is 7.89. The van der Waals surface area contributed by atoms with Crippen molar-refractivity contribution in [3.63, 3.8) is 0 Å². The van der Waals surface area contributed by atoms with Gasteiger partial charge in [0.15, 0.2) is 5.01 Å². The largest absolute Gasteiger partial charge is 0.479 e. The fourth-order valence-electron chi connectivity index (χ4n) is 2.22. The first-order chi connectivity index (χ1) is 10.1. The van der Waals surface area contributed by atoms with Gasteiger partial charge in [-0.05, 0) is 15.9 Å². The summed E-state index contributed by atoms with van der Waals surface area (Å²) >= 11 is 4.73. The monoisotopic (exact) mass is 372 g/mol. The number of fused-ring (bicyclic) bond motifs is 1. The van der Waals surface area contributed by atoms with Crippen molar-refractivity contribution >= 4 is 49.1 Å². The molecule has 0 aromatic carbocycles. The van der Waals surface area contributed by atoms with Crippen LogP contribution in [0.5, 0.6) is 5.88 Å². The molecule has 0 unspecified atom stereocenters. The van der Waals surface area contributed by atoms with E-state index in [0.717, 1.165) is 23.5 Å². The normalized spacial score (nSPS) is 15.4.